The molecule has 0 radical (unpaired) electrons. The van der Waals surface area contributed by atoms with E-state index in [2.05, 4.69) is 10.3 Å². The molecule has 2 N–H and O–H groups in total. The molecule has 0 spiro atoms. The molecular formula is C23H19ClN2O3S. The van der Waals surface area contributed by atoms with E-state index in [0.29, 0.717) is 10.7 Å². The van der Waals surface area contributed by atoms with Crippen LogP contribution in [0.1, 0.15) is 23.2 Å². The van der Waals surface area contributed by atoms with Gasteiger partial charge in [-0.05, 0) is 35.3 Å². The fourth-order valence-corrected chi connectivity index (χ4v) is 4.53. The van der Waals surface area contributed by atoms with Crippen molar-refractivity contribution in [2.45, 2.75) is 25.3 Å². The van der Waals surface area contributed by atoms with Crippen LogP contribution in [0.2, 0.25) is 5.02 Å². The Morgan fingerprint density at radius 3 is 2.83 bits per heavy atom. The van der Waals surface area contributed by atoms with Crippen molar-refractivity contribution in [3.8, 4) is 10.6 Å². The van der Waals surface area contributed by atoms with Gasteiger partial charge in [0.1, 0.15) is 11.0 Å². The zero-order chi connectivity index (χ0) is 21.1. The monoisotopic (exact) mass is 438 g/mol. The summed E-state index contributed by atoms with van der Waals surface area (Å²) < 4.78 is 0. The van der Waals surface area contributed by atoms with Gasteiger partial charge in [0.15, 0.2) is 0 Å². The molecule has 7 heteroatoms. The van der Waals surface area contributed by atoms with Crippen LogP contribution >= 0.6 is 22.9 Å². The predicted molar refractivity (Wildman–Crippen MR) is 119 cm³/mol. The summed E-state index contributed by atoms with van der Waals surface area (Å²) in [6.07, 6.45) is 3.10. The Hall–Kier alpha value is -2.96. The summed E-state index contributed by atoms with van der Waals surface area (Å²) in [5.41, 5.74) is 4.68. The molecule has 30 heavy (non-hydrogen) atoms. The van der Waals surface area contributed by atoms with Gasteiger partial charge in [-0.3, -0.25) is 4.79 Å². The molecule has 5 nitrogen and oxygen atoms in total. The molecule has 4 rings (SSSR count). The lowest BCUT2D eigenvalue weighted by Gasteiger charge is -2.16. The number of halogens is 1. The number of hydrogen-bond acceptors (Lipinski definition) is 4. The molecule has 0 aliphatic heterocycles. The van der Waals surface area contributed by atoms with Crippen molar-refractivity contribution in [1.82, 2.24) is 10.3 Å². The maximum absolute atomic E-state index is 12.5. The van der Waals surface area contributed by atoms with Gasteiger partial charge in [0.2, 0.25) is 5.91 Å². The molecule has 1 aromatic heterocycles. The number of hydrogen-bond donors (Lipinski definition) is 2. The van der Waals surface area contributed by atoms with E-state index < -0.39 is 12.0 Å². The lowest BCUT2D eigenvalue weighted by molar-refractivity contribution is -0.141. The predicted octanol–water partition coefficient (Wildman–Crippen LogP) is 4.61. The molecule has 3 aromatic rings. The number of aromatic nitrogens is 1. The summed E-state index contributed by atoms with van der Waals surface area (Å²) in [7, 11) is 0. The molecule has 152 valence electrons. The number of nitrogens with zero attached hydrogens (tertiary/aromatic N) is 1. The van der Waals surface area contributed by atoms with E-state index in [9.17, 15) is 14.7 Å². The molecular weight excluding hydrogens is 420 g/mol. The molecule has 0 unspecified atom stereocenters. The van der Waals surface area contributed by atoms with Crippen LogP contribution in [0.25, 0.3) is 16.1 Å². The lowest BCUT2D eigenvalue weighted by atomic mass is 9.99. The second kappa shape index (κ2) is 8.81. The minimum atomic E-state index is -1.05. The lowest BCUT2D eigenvalue weighted by Crippen LogP contribution is -2.41. The zero-order valence-electron chi connectivity index (χ0n) is 16.0. The molecule has 1 heterocycles. The summed E-state index contributed by atoms with van der Waals surface area (Å²) in [5.74, 6) is -1.41. The number of carbonyl (C=O) groups is 2. The highest BCUT2D eigenvalue weighted by molar-refractivity contribution is 7.13. The van der Waals surface area contributed by atoms with Gasteiger partial charge < -0.3 is 10.4 Å². The van der Waals surface area contributed by atoms with Crippen LogP contribution in [-0.4, -0.2) is 28.0 Å². The SMILES string of the molecule is O=C(Cc1csc(-c2cccc(Cl)c2)n1)N[C@H](CC1=CCc2ccccc21)C(=O)O. The summed E-state index contributed by atoms with van der Waals surface area (Å²) in [6.45, 7) is 0. The second-order valence-electron chi connectivity index (χ2n) is 7.08. The van der Waals surface area contributed by atoms with Crippen molar-refractivity contribution in [3.63, 3.8) is 0 Å². The van der Waals surface area contributed by atoms with Crippen molar-refractivity contribution < 1.29 is 14.7 Å². The van der Waals surface area contributed by atoms with Gasteiger partial charge in [-0.25, -0.2) is 9.78 Å². The summed E-state index contributed by atoms with van der Waals surface area (Å²) in [5, 5.41) is 15.4. The van der Waals surface area contributed by atoms with E-state index in [4.69, 9.17) is 11.6 Å². The molecule has 1 amide bonds. The van der Waals surface area contributed by atoms with Crippen LogP contribution in [0.4, 0.5) is 0 Å². The van der Waals surface area contributed by atoms with Gasteiger partial charge in [0.25, 0.3) is 0 Å². The highest BCUT2D eigenvalue weighted by atomic mass is 35.5. The first-order valence-electron chi connectivity index (χ1n) is 9.49. The van der Waals surface area contributed by atoms with E-state index in [1.165, 1.54) is 16.9 Å². The number of benzene rings is 2. The second-order valence-corrected chi connectivity index (χ2v) is 8.38. The number of carbonyl (C=O) groups excluding carboxylic acids is 1. The van der Waals surface area contributed by atoms with Crippen LogP contribution < -0.4 is 5.32 Å². The number of aliphatic carboxylic acids is 1. The highest BCUT2D eigenvalue weighted by Crippen LogP contribution is 2.30. The Labute approximate surface area is 183 Å². The fraction of sp³-hybridized carbons (Fsp3) is 0.174. The number of allylic oxidation sites excluding steroid dienone is 1. The van der Waals surface area contributed by atoms with Crippen molar-refractivity contribution in [3.05, 3.63) is 81.8 Å². The fourth-order valence-electron chi connectivity index (χ4n) is 3.52. The third kappa shape index (κ3) is 4.61. The summed E-state index contributed by atoms with van der Waals surface area (Å²) >= 11 is 7.45. The van der Waals surface area contributed by atoms with E-state index >= 15 is 0 Å². The first-order valence-corrected chi connectivity index (χ1v) is 10.7. The molecule has 0 bridgehead atoms. The van der Waals surface area contributed by atoms with E-state index in [1.54, 1.807) is 11.4 Å². The molecule has 1 aliphatic carbocycles. The quantitative estimate of drug-likeness (QED) is 0.564. The summed E-state index contributed by atoms with van der Waals surface area (Å²) in [6, 6.07) is 14.3. The van der Waals surface area contributed by atoms with Crippen LogP contribution in [0, 0.1) is 0 Å². The first-order chi connectivity index (χ1) is 14.5. The molecule has 1 atom stereocenters. The van der Waals surface area contributed by atoms with E-state index in [1.807, 2.05) is 48.5 Å². The third-order valence-electron chi connectivity index (χ3n) is 4.95. The maximum atomic E-state index is 12.5. The largest absolute Gasteiger partial charge is 0.480 e. The van der Waals surface area contributed by atoms with Crippen molar-refractivity contribution in [1.29, 1.82) is 0 Å². The molecule has 0 saturated heterocycles. The minimum absolute atomic E-state index is 0.0243. The Bertz CT molecular complexity index is 1140. The van der Waals surface area contributed by atoms with Crippen molar-refractivity contribution in [2.75, 3.05) is 0 Å². The number of rotatable bonds is 7. The molecule has 0 saturated carbocycles. The van der Waals surface area contributed by atoms with Gasteiger partial charge in [0.05, 0.1) is 12.1 Å². The zero-order valence-corrected chi connectivity index (χ0v) is 17.5. The highest BCUT2D eigenvalue weighted by Gasteiger charge is 2.25. The van der Waals surface area contributed by atoms with Gasteiger partial charge in [0, 0.05) is 22.4 Å². The Kier molecular flexibility index (Phi) is 5.97. The number of carboxylic acids is 1. The number of carboxylic acid groups (broad SMARTS) is 1. The Morgan fingerprint density at radius 2 is 2.03 bits per heavy atom. The number of fused-ring (bicyclic) bond motifs is 1. The summed E-state index contributed by atoms with van der Waals surface area (Å²) in [4.78, 5) is 28.7. The minimum Gasteiger partial charge on any atom is -0.480 e. The Morgan fingerprint density at radius 1 is 1.20 bits per heavy atom. The van der Waals surface area contributed by atoms with Crippen molar-refractivity contribution in [2.24, 2.45) is 0 Å². The number of amides is 1. The van der Waals surface area contributed by atoms with Crippen molar-refractivity contribution >= 4 is 40.4 Å². The normalized spacial score (nSPS) is 13.4. The van der Waals surface area contributed by atoms with Gasteiger partial charge >= 0.3 is 5.97 Å². The maximum Gasteiger partial charge on any atom is 0.326 e. The van der Waals surface area contributed by atoms with E-state index in [0.717, 1.165) is 28.1 Å². The average molecular weight is 439 g/mol. The van der Waals surface area contributed by atoms with Gasteiger partial charge in [-0.2, -0.15) is 0 Å². The number of nitrogens with one attached hydrogen (secondary N) is 1. The van der Waals surface area contributed by atoms with Crippen LogP contribution in [0.5, 0.6) is 0 Å². The first kappa shape index (κ1) is 20.3. The van der Waals surface area contributed by atoms with E-state index in [-0.39, 0.29) is 18.7 Å². The third-order valence-corrected chi connectivity index (χ3v) is 6.13. The Balaban J connectivity index is 1.40. The molecule has 2 aromatic carbocycles. The topological polar surface area (TPSA) is 79.3 Å². The van der Waals surface area contributed by atoms with Gasteiger partial charge in [-0.1, -0.05) is 54.1 Å². The average Bonchev–Trinajstić information content (AvgIpc) is 3.35. The standard InChI is InChI=1S/C23H19ClN2O3S/c24-17-6-3-5-16(10-17)22-25-18(13-30-22)12-21(27)26-20(23(28)29)11-15-9-8-14-4-1-2-7-19(14)15/h1-7,9-10,13,20H,8,11-12H2,(H,26,27)(H,28,29)/t20-/m1/s1. The van der Waals surface area contributed by atoms with Gasteiger partial charge in [-0.15, -0.1) is 11.3 Å². The van der Waals surface area contributed by atoms with Crippen LogP contribution in [-0.2, 0) is 22.4 Å². The van der Waals surface area contributed by atoms with Crippen LogP contribution in [0.15, 0.2) is 60.0 Å². The smallest absolute Gasteiger partial charge is 0.326 e. The molecule has 1 aliphatic rings. The number of thiazole rings is 1. The molecule has 0 fully saturated rings. The van der Waals surface area contributed by atoms with Crippen LogP contribution in [0.3, 0.4) is 0 Å².